The van der Waals surface area contributed by atoms with E-state index in [4.69, 9.17) is 9.47 Å². The summed E-state index contributed by atoms with van der Waals surface area (Å²) >= 11 is 0. The predicted octanol–water partition coefficient (Wildman–Crippen LogP) is 2.84. The number of ether oxygens (including phenoxy) is 2. The van der Waals surface area contributed by atoms with E-state index in [-0.39, 0.29) is 24.6 Å². The number of fused-ring (bicyclic) bond motifs is 1. The second kappa shape index (κ2) is 8.14. The van der Waals surface area contributed by atoms with Crippen molar-refractivity contribution in [1.82, 2.24) is 20.4 Å². The molecule has 2 aliphatic heterocycles. The molecule has 0 spiro atoms. The van der Waals surface area contributed by atoms with E-state index in [0.717, 1.165) is 11.3 Å². The van der Waals surface area contributed by atoms with Crippen molar-refractivity contribution in [1.29, 1.82) is 0 Å². The van der Waals surface area contributed by atoms with Crippen molar-refractivity contribution < 1.29 is 19.1 Å². The highest BCUT2D eigenvalue weighted by molar-refractivity contribution is 5.95. The number of H-pyrrole nitrogens is 1. The lowest BCUT2D eigenvalue weighted by Gasteiger charge is -2.32. The number of carbonyl (C=O) groups is 2. The van der Waals surface area contributed by atoms with Gasteiger partial charge in [0.05, 0.1) is 5.69 Å². The highest BCUT2D eigenvalue weighted by Crippen LogP contribution is 2.32. The molecule has 5 rings (SSSR count). The molecule has 0 atom stereocenters. The van der Waals surface area contributed by atoms with E-state index in [0.29, 0.717) is 48.7 Å². The molecule has 3 aromatic rings. The molecular formula is C23H22N4O4. The maximum atomic E-state index is 12.8. The first kappa shape index (κ1) is 19.2. The third kappa shape index (κ3) is 3.96. The summed E-state index contributed by atoms with van der Waals surface area (Å²) in [5.74, 6) is 1.01. The van der Waals surface area contributed by atoms with E-state index >= 15 is 0 Å². The normalized spacial score (nSPS) is 15.7. The number of amides is 2. The van der Waals surface area contributed by atoms with E-state index in [1.165, 1.54) is 0 Å². The van der Waals surface area contributed by atoms with E-state index in [1.54, 1.807) is 29.2 Å². The number of hydrogen-bond acceptors (Lipinski definition) is 5. The van der Waals surface area contributed by atoms with E-state index < -0.39 is 0 Å². The summed E-state index contributed by atoms with van der Waals surface area (Å²) in [5, 5.41) is 10.2. The molecule has 0 radical (unpaired) electrons. The SMILES string of the molecule is O=C(NC1CCN(C(=O)c2cc(-c3ccccc3)n[nH]2)CC1)c1ccc2c(c1)OCO2. The van der Waals surface area contributed by atoms with Gasteiger partial charge in [0.1, 0.15) is 5.69 Å². The molecule has 0 aliphatic carbocycles. The lowest BCUT2D eigenvalue weighted by molar-refractivity contribution is 0.0692. The maximum Gasteiger partial charge on any atom is 0.271 e. The predicted molar refractivity (Wildman–Crippen MR) is 113 cm³/mol. The van der Waals surface area contributed by atoms with Crippen LogP contribution in [0.25, 0.3) is 11.3 Å². The molecular weight excluding hydrogens is 396 g/mol. The molecule has 0 bridgehead atoms. The first-order chi connectivity index (χ1) is 15.2. The fourth-order valence-electron chi connectivity index (χ4n) is 3.89. The topological polar surface area (TPSA) is 96.6 Å². The fourth-order valence-corrected chi connectivity index (χ4v) is 3.89. The largest absolute Gasteiger partial charge is 0.454 e. The number of piperidine rings is 1. The highest BCUT2D eigenvalue weighted by Gasteiger charge is 2.26. The number of nitrogens with zero attached hydrogens (tertiary/aromatic N) is 2. The smallest absolute Gasteiger partial charge is 0.271 e. The Morgan fingerprint density at radius 1 is 1.00 bits per heavy atom. The van der Waals surface area contributed by atoms with E-state index in [9.17, 15) is 9.59 Å². The van der Waals surface area contributed by atoms with Gasteiger partial charge in [-0.1, -0.05) is 30.3 Å². The zero-order valence-electron chi connectivity index (χ0n) is 16.8. The van der Waals surface area contributed by atoms with Crippen LogP contribution in [0.15, 0.2) is 54.6 Å². The van der Waals surface area contributed by atoms with E-state index in [2.05, 4.69) is 15.5 Å². The van der Waals surface area contributed by atoms with Crippen LogP contribution in [-0.2, 0) is 0 Å². The van der Waals surface area contributed by atoms with Crippen molar-refractivity contribution in [2.45, 2.75) is 18.9 Å². The van der Waals surface area contributed by atoms with Gasteiger partial charge in [0.25, 0.3) is 11.8 Å². The summed E-state index contributed by atoms with van der Waals surface area (Å²) in [5.41, 5.74) is 2.72. The van der Waals surface area contributed by atoms with Gasteiger partial charge in [-0.15, -0.1) is 0 Å². The lowest BCUT2D eigenvalue weighted by atomic mass is 10.0. The van der Waals surface area contributed by atoms with Gasteiger partial charge in [-0.25, -0.2) is 0 Å². The summed E-state index contributed by atoms with van der Waals surface area (Å²) in [6.07, 6.45) is 1.39. The quantitative estimate of drug-likeness (QED) is 0.679. The van der Waals surface area contributed by atoms with Crippen LogP contribution in [-0.4, -0.2) is 52.8 Å². The minimum atomic E-state index is -0.149. The average Bonchev–Trinajstić information content (AvgIpc) is 3.49. The minimum Gasteiger partial charge on any atom is -0.454 e. The summed E-state index contributed by atoms with van der Waals surface area (Å²) < 4.78 is 10.6. The van der Waals surface area contributed by atoms with Crippen LogP contribution < -0.4 is 14.8 Å². The highest BCUT2D eigenvalue weighted by atomic mass is 16.7. The molecule has 1 aromatic heterocycles. The van der Waals surface area contributed by atoms with Gasteiger partial charge in [0.15, 0.2) is 11.5 Å². The first-order valence-corrected chi connectivity index (χ1v) is 10.3. The number of rotatable bonds is 4. The van der Waals surface area contributed by atoms with Gasteiger partial charge in [0, 0.05) is 30.3 Å². The van der Waals surface area contributed by atoms with Gasteiger partial charge in [-0.2, -0.15) is 5.10 Å². The van der Waals surface area contributed by atoms with Crippen LogP contribution in [0.2, 0.25) is 0 Å². The Morgan fingerprint density at radius 3 is 2.58 bits per heavy atom. The van der Waals surface area contributed by atoms with Gasteiger partial charge >= 0.3 is 0 Å². The third-order valence-corrected chi connectivity index (χ3v) is 5.63. The summed E-state index contributed by atoms with van der Waals surface area (Å²) in [4.78, 5) is 27.2. The number of carbonyl (C=O) groups excluding carboxylic acids is 2. The molecule has 2 aromatic carbocycles. The number of hydrogen-bond donors (Lipinski definition) is 2. The molecule has 1 saturated heterocycles. The zero-order valence-corrected chi connectivity index (χ0v) is 16.8. The third-order valence-electron chi connectivity index (χ3n) is 5.63. The van der Waals surface area contributed by atoms with E-state index in [1.807, 2.05) is 30.3 Å². The van der Waals surface area contributed by atoms with Crippen molar-refractivity contribution in [2.75, 3.05) is 19.9 Å². The lowest BCUT2D eigenvalue weighted by Crippen LogP contribution is -2.46. The minimum absolute atomic E-state index is 0.0172. The number of benzene rings is 2. The molecule has 8 heteroatoms. The zero-order chi connectivity index (χ0) is 21.2. The monoisotopic (exact) mass is 418 g/mol. The van der Waals surface area contributed by atoms with Crippen LogP contribution in [0.4, 0.5) is 0 Å². The number of aromatic nitrogens is 2. The number of likely N-dealkylation sites (tertiary alicyclic amines) is 1. The Balaban J connectivity index is 1.16. The molecule has 158 valence electrons. The Kier molecular flexibility index (Phi) is 5.03. The fraction of sp³-hybridized carbons (Fsp3) is 0.261. The van der Waals surface area contributed by atoms with Gasteiger partial charge < -0.3 is 19.7 Å². The Morgan fingerprint density at radius 2 is 1.77 bits per heavy atom. The standard InChI is InChI=1S/C23H22N4O4/c28-22(16-6-7-20-21(12-16)31-14-30-20)24-17-8-10-27(11-9-17)23(29)19-13-18(25-26-19)15-4-2-1-3-5-15/h1-7,12-13,17H,8-11,14H2,(H,24,28)(H,25,26). The van der Waals surface area contributed by atoms with Crippen LogP contribution in [0.3, 0.4) is 0 Å². The Labute approximate surface area is 179 Å². The molecule has 2 amide bonds. The van der Waals surface area contributed by atoms with Crippen LogP contribution in [0.1, 0.15) is 33.7 Å². The summed E-state index contributed by atoms with van der Waals surface area (Å²) in [6.45, 7) is 1.32. The molecule has 0 saturated carbocycles. The molecule has 3 heterocycles. The molecule has 31 heavy (non-hydrogen) atoms. The van der Waals surface area contributed by atoms with Crippen molar-refractivity contribution in [3.8, 4) is 22.8 Å². The van der Waals surface area contributed by atoms with Crippen molar-refractivity contribution in [3.05, 3.63) is 65.9 Å². The number of aromatic amines is 1. The Hall–Kier alpha value is -3.81. The van der Waals surface area contributed by atoms with Crippen LogP contribution in [0, 0.1) is 0 Å². The number of nitrogens with one attached hydrogen (secondary N) is 2. The molecule has 2 aliphatic rings. The Bertz CT molecular complexity index is 1100. The average molecular weight is 418 g/mol. The van der Waals surface area contributed by atoms with Crippen molar-refractivity contribution >= 4 is 11.8 Å². The maximum absolute atomic E-state index is 12.8. The summed E-state index contributed by atoms with van der Waals surface area (Å²) in [7, 11) is 0. The molecule has 0 unspecified atom stereocenters. The first-order valence-electron chi connectivity index (χ1n) is 10.3. The summed E-state index contributed by atoms with van der Waals surface area (Å²) in [6, 6.07) is 16.7. The van der Waals surface area contributed by atoms with Crippen molar-refractivity contribution in [2.24, 2.45) is 0 Å². The molecule has 2 N–H and O–H groups in total. The molecule has 8 nitrogen and oxygen atoms in total. The second-order valence-electron chi connectivity index (χ2n) is 7.64. The van der Waals surface area contributed by atoms with Crippen molar-refractivity contribution in [3.63, 3.8) is 0 Å². The molecule has 1 fully saturated rings. The van der Waals surface area contributed by atoms with Gasteiger partial charge in [-0.3, -0.25) is 14.7 Å². The van der Waals surface area contributed by atoms with Gasteiger partial charge in [0.2, 0.25) is 6.79 Å². The van der Waals surface area contributed by atoms with Gasteiger partial charge in [-0.05, 0) is 37.1 Å². The van der Waals surface area contributed by atoms with Crippen LogP contribution >= 0.6 is 0 Å². The second-order valence-corrected chi connectivity index (χ2v) is 7.64. The van der Waals surface area contributed by atoms with Crippen LogP contribution in [0.5, 0.6) is 11.5 Å².